The van der Waals surface area contributed by atoms with Crippen LogP contribution < -0.4 is 15.5 Å². The minimum absolute atomic E-state index is 0.0539. The lowest BCUT2D eigenvalue weighted by molar-refractivity contribution is -0.119. The third-order valence-electron chi connectivity index (χ3n) is 4.86. The lowest BCUT2D eigenvalue weighted by Gasteiger charge is -2.19. The summed E-state index contributed by atoms with van der Waals surface area (Å²) in [4.78, 5) is 26.9. The molecule has 0 radical (unpaired) electrons. The molecule has 3 rings (SSSR count). The first-order chi connectivity index (χ1) is 14.1. The molecule has 0 aromatic heterocycles. The first-order valence-electron chi connectivity index (χ1n) is 9.85. The molecule has 3 N–H and O–H groups in total. The lowest BCUT2D eigenvalue weighted by Crippen LogP contribution is -2.22. The van der Waals surface area contributed by atoms with Gasteiger partial charge in [-0.3, -0.25) is 4.79 Å². The molecule has 29 heavy (non-hydrogen) atoms. The zero-order valence-electron chi connectivity index (χ0n) is 16.6. The van der Waals surface area contributed by atoms with Crippen molar-refractivity contribution in [3.63, 3.8) is 0 Å². The van der Waals surface area contributed by atoms with E-state index in [0.29, 0.717) is 23.5 Å². The van der Waals surface area contributed by atoms with Crippen LogP contribution in [0.4, 0.5) is 17.1 Å². The summed E-state index contributed by atoms with van der Waals surface area (Å²) >= 11 is 0. The van der Waals surface area contributed by atoms with Crippen LogP contribution in [0.2, 0.25) is 0 Å². The van der Waals surface area contributed by atoms with Gasteiger partial charge in [-0.05, 0) is 55.7 Å². The van der Waals surface area contributed by atoms with Crippen molar-refractivity contribution in [2.45, 2.75) is 19.8 Å². The second-order valence-electron chi connectivity index (χ2n) is 7.01. The van der Waals surface area contributed by atoms with Crippen LogP contribution >= 0.6 is 0 Å². The molecule has 154 valence electrons. The van der Waals surface area contributed by atoms with Crippen molar-refractivity contribution in [2.75, 3.05) is 48.4 Å². The molecule has 1 heterocycles. The van der Waals surface area contributed by atoms with Gasteiger partial charge in [0.05, 0.1) is 12.2 Å². The van der Waals surface area contributed by atoms with Gasteiger partial charge in [0.2, 0.25) is 0 Å². The third-order valence-corrected chi connectivity index (χ3v) is 4.86. The minimum Gasteiger partial charge on any atom is -0.452 e. The van der Waals surface area contributed by atoms with E-state index in [4.69, 9.17) is 9.84 Å². The summed E-state index contributed by atoms with van der Waals surface area (Å²) in [6, 6.07) is 12.8. The molecular weight excluding hydrogens is 370 g/mol. The second kappa shape index (κ2) is 9.93. The Morgan fingerprint density at radius 1 is 1.10 bits per heavy atom. The Kier molecular flexibility index (Phi) is 7.08. The number of aliphatic hydroxyl groups is 1. The molecule has 1 aliphatic heterocycles. The van der Waals surface area contributed by atoms with Gasteiger partial charge < -0.3 is 25.4 Å². The summed E-state index contributed by atoms with van der Waals surface area (Å²) in [5, 5.41) is 14.7. The molecule has 7 nitrogen and oxygen atoms in total. The van der Waals surface area contributed by atoms with E-state index in [-0.39, 0.29) is 13.2 Å². The molecule has 1 aliphatic rings. The van der Waals surface area contributed by atoms with Crippen LogP contribution in [0.5, 0.6) is 0 Å². The Labute approximate surface area is 170 Å². The molecule has 0 spiro atoms. The van der Waals surface area contributed by atoms with Gasteiger partial charge in [0.15, 0.2) is 6.61 Å². The largest absolute Gasteiger partial charge is 0.452 e. The number of nitrogens with one attached hydrogen (secondary N) is 2. The van der Waals surface area contributed by atoms with Crippen molar-refractivity contribution in [1.82, 2.24) is 0 Å². The Morgan fingerprint density at radius 3 is 2.59 bits per heavy atom. The molecule has 2 aromatic rings. The molecule has 2 aromatic carbocycles. The van der Waals surface area contributed by atoms with Gasteiger partial charge in [-0.2, -0.15) is 0 Å². The van der Waals surface area contributed by atoms with Crippen LogP contribution in [0.3, 0.4) is 0 Å². The zero-order valence-corrected chi connectivity index (χ0v) is 16.6. The van der Waals surface area contributed by atoms with Crippen LogP contribution in [0.25, 0.3) is 0 Å². The first kappa shape index (κ1) is 20.7. The Morgan fingerprint density at radius 2 is 1.86 bits per heavy atom. The van der Waals surface area contributed by atoms with E-state index in [0.717, 1.165) is 24.3 Å². The van der Waals surface area contributed by atoms with Crippen LogP contribution in [0.1, 0.15) is 28.8 Å². The standard InChI is InChI=1S/C22H27N3O4/c1-16-14-17(25-11-4-5-12-25)8-9-19(16)24-21(27)15-29-22(28)18-6-2-3-7-20(18)23-10-13-26/h2-3,6-9,14,23,26H,4-5,10-13,15H2,1H3,(H,24,27). The smallest absolute Gasteiger partial charge is 0.340 e. The number of esters is 1. The molecule has 0 atom stereocenters. The van der Waals surface area contributed by atoms with E-state index < -0.39 is 11.9 Å². The normalized spacial score (nSPS) is 13.2. The summed E-state index contributed by atoms with van der Waals surface area (Å²) < 4.78 is 5.17. The number of amides is 1. The fraction of sp³-hybridized carbons (Fsp3) is 0.364. The average Bonchev–Trinajstić information content (AvgIpc) is 3.27. The summed E-state index contributed by atoms with van der Waals surface area (Å²) in [6.45, 7) is 3.97. The maximum atomic E-state index is 12.3. The van der Waals surface area contributed by atoms with Crippen LogP contribution in [-0.2, 0) is 9.53 Å². The quantitative estimate of drug-likeness (QED) is 0.594. The van der Waals surface area contributed by atoms with Crippen molar-refractivity contribution in [3.8, 4) is 0 Å². The van der Waals surface area contributed by atoms with Gasteiger partial charge in [0.25, 0.3) is 5.91 Å². The number of ether oxygens (including phenoxy) is 1. The minimum atomic E-state index is -0.595. The maximum Gasteiger partial charge on any atom is 0.340 e. The number of nitrogens with zero attached hydrogens (tertiary/aromatic N) is 1. The molecule has 1 amide bonds. The Bertz CT molecular complexity index is 863. The molecular formula is C22H27N3O4. The third kappa shape index (κ3) is 5.48. The molecule has 1 saturated heterocycles. The fourth-order valence-corrected chi connectivity index (χ4v) is 3.36. The SMILES string of the molecule is Cc1cc(N2CCCC2)ccc1NC(=O)COC(=O)c1ccccc1NCCO. The van der Waals surface area contributed by atoms with Crippen molar-refractivity contribution in [2.24, 2.45) is 0 Å². The second-order valence-corrected chi connectivity index (χ2v) is 7.01. The molecule has 0 saturated carbocycles. The van der Waals surface area contributed by atoms with Crippen LogP contribution in [-0.4, -0.2) is 49.8 Å². The predicted molar refractivity (Wildman–Crippen MR) is 114 cm³/mol. The predicted octanol–water partition coefficient (Wildman–Crippen LogP) is 2.79. The highest BCUT2D eigenvalue weighted by molar-refractivity contribution is 5.98. The van der Waals surface area contributed by atoms with Crippen LogP contribution in [0, 0.1) is 6.92 Å². The van der Waals surface area contributed by atoms with Gasteiger partial charge in [-0.15, -0.1) is 0 Å². The molecule has 0 aliphatic carbocycles. The number of rotatable bonds is 8. The van der Waals surface area contributed by atoms with E-state index >= 15 is 0 Å². The Hall–Kier alpha value is -3.06. The number of carbonyl (C=O) groups is 2. The first-order valence-corrected chi connectivity index (χ1v) is 9.85. The van der Waals surface area contributed by atoms with Crippen molar-refractivity contribution < 1.29 is 19.4 Å². The molecule has 0 bridgehead atoms. The topological polar surface area (TPSA) is 90.9 Å². The summed E-state index contributed by atoms with van der Waals surface area (Å²) in [5.41, 5.74) is 3.71. The number of hydrogen-bond acceptors (Lipinski definition) is 6. The molecule has 7 heteroatoms. The fourth-order valence-electron chi connectivity index (χ4n) is 3.36. The maximum absolute atomic E-state index is 12.3. The average molecular weight is 397 g/mol. The lowest BCUT2D eigenvalue weighted by atomic mass is 10.1. The summed E-state index contributed by atoms with van der Waals surface area (Å²) in [7, 11) is 0. The number of aliphatic hydroxyl groups excluding tert-OH is 1. The van der Waals surface area contributed by atoms with Gasteiger partial charge in [-0.1, -0.05) is 12.1 Å². The van der Waals surface area contributed by atoms with E-state index in [1.165, 1.54) is 12.8 Å². The molecule has 1 fully saturated rings. The van der Waals surface area contributed by atoms with E-state index in [1.54, 1.807) is 24.3 Å². The van der Waals surface area contributed by atoms with E-state index in [2.05, 4.69) is 21.6 Å². The number of benzene rings is 2. The van der Waals surface area contributed by atoms with Gasteiger partial charge in [0, 0.05) is 36.7 Å². The monoisotopic (exact) mass is 397 g/mol. The van der Waals surface area contributed by atoms with Gasteiger partial charge in [-0.25, -0.2) is 4.79 Å². The van der Waals surface area contributed by atoms with Crippen LogP contribution in [0.15, 0.2) is 42.5 Å². The van der Waals surface area contributed by atoms with Gasteiger partial charge in [0.1, 0.15) is 0 Å². The number of hydrogen-bond donors (Lipinski definition) is 3. The van der Waals surface area contributed by atoms with Gasteiger partial charge >= 0.3 is 5.97 Å². The summed E-state index contributed by atoms with van der Waals surface area (Å²) in [6.07, 6.45) is 2.42. The zero-order chi connectivity index (χ0) is 20.6. The van der Waals surface area contributed by atoms with Crippen molar-refractivity contribution in [3.05, 3.63) is 53.6 Å². The highest BCUT2D eigenvalue weighted by Gasteiger charge is 2.16. The highest BCUT2D eigenvalue weighted by Crippen LogP contribution is 2.25. The highest BCUT2D eigenvalue weighted by atomic mass is 16.5. The van der Waals surface area contributed by atoms with Crippen molar-refractivity contribution >= 4 is 28.9 Å². The number of carbonyl (C=O) groups excluding carboxylic acids is 2. The number of para-hydroxylation sites is 1. The molecule has 0 unspecified atom stereocenters. The van der Waals surface area contributed by atoms with Crippen molar-refractivity contribution in [1.29, 1.82) is 0 Å². The van der Waals surface area contributed by atoms with E-state index in [1.807, 2.05) is 19.1 Å². The number of anilines is 3. The Balaban J connectivity index is 1.55. The summed E-state index contributed by atoms with van der Waals surface area (Å²) in [5.74, 6) is -0.988. The number of aryl methyl sites for hydroxylation is 1. The van der Waals surface area contributed by atoms with E-state index in [9.17, 15) is 9.59 Å².